The Balaban J connectivity index is 2.16. The molecule has 0 spiro atoms. The molecule has 2 nitrogen and oxygen atoms in total. The molecule has 0 aromatic heterocycles. The van der Waals surface area contributed by atoms with E-state index in [9.17, 15) is 13.6 Å². The van der Waals surface area contributed by atoms with Crippen molar-refractivity contribution in [2.45, 2.75) is 13.5 Å². The number of halogens is 2. The molecule has 2 aromatic carbocycles. The van der Waals surface area contributed by atoms with Gasteiger partial charge in [0.15, 0.2) is 6.29 Å². The minimum absolute atomic E-state index is 0.00141. The van der Waals surface area contributed by atoms with Crippen molar-refractivity contribution in [1.82, 2.24) is 0 Å². The molecule has 0 heterocycles. The van der Waals surface area contributed by atoms with E-state index in [0.717, 1.165) is 11.6 Å². The van der Waals surface area contributed by atoms with Crippen LogP contribution in [0.1, 0.15) is 21.5 Å². The van der Waals surface area contributed by atoms with Crippen molar-refractivity contribution in [3.63, 3.8) is 0 Å². The van der Waals surface area contributed by atoms with Crippen molar-refractivity contribution in [1.29, 1.82) is 0 Å². The summed E-state index contributed by atoms with van der Waals surface area (Å²) in [4.78, 5) is 10.9. The summed E-state index contributed by atoms with van der Waals surface area (Å²) in [7, 11) is 0. The highest BCUT2D eigenvalue weighted by Crippen LogP contribution is 2.20. The topological polar surface area (TPSA) is 26.3 Å². The number of carbonyl (C=O) groups is 1. The van der Waals surface area contributed by atoms with Gasteiger partial charge in [0.1, 0.15) is 24.0 Å². The molecule has 0 saturated heterocycles. The third-order valence-electron chi connectivity index (χ3n) is 2.61. The summed E-state index contributed by atoms with van der Waals surface area (Å²) in [5.41, 5.74) is 1.72. The number of benzene rings is 2. The van der Waals surface area contributed by atoms with Gasteiger partial charge in [0.25, 0.3) is 0 Å². The van der Waals surface area contributed by atoms with Crippen LogP contribution in [0.3, 0.4) is 0 Å². The first-order valence-electron chi connectivity index (χ1n) is 5.72. The van der Waals surface area contributed by atoms with E-state index in [0.29, 0.717) is 23.2 Å². The molecular weight excluding hydrogens is 250 g/mol. The summed E-state index contributed by atoms with van der Waals surface area (Å²) in [5, 5.41) is 0. The average Bonchev–Trinajstić information content (AvgIpc) is 2.36. The quantitative estimate of drug-likeness (QED) is 0.786. The fourth-order valence-corrected chi connectivity index (χ4v) is 1.75. The molecule has 0 aliphatic heterocycles. The lowest BCUT2D eigenvalue weighted by molar-refractivity contribution is 0.111. The van der Waals surface area contributed by atoms with Gasteiger partial charge < -0.3 is 4.74 Å². The third kappa shape index (κ3) is 3.37. The largest absolute Gasteiger partial charge is 0.488 e. The second-order valence-electron chi connectivity index (χ2n) is 4.23. The monoisotopic (exact) mass is 262 g/mol. The Kier molecular flexibility index (Phi) is 3.90. The molecule has 0 unspecified atom stereocenters. The fourth-order valence-electron chi connectivity index (χ4n) is 1.75. The van der Waals surface area contributed by atoms with Crippen LogP contribution in [-0.2, 0) is 6.61 Å². The second kappa shape index (κ2) is 5.61. The maximum absolute atomic E-state index is 13.0. The van der Waals surface area contributed by atoms with Gasteiger partial charge in [-0.1, -0.05) is 11.6 Å². The van der Waals surface area contributed by atoms with Gasteiger partial charge in [0.2, 0.25) is 0 Å². The molecule has 98 valence electrons. The Labute approximate surface area is 109 Å². The van der Waals surface area contributed by atoms with Crippen LogP contribution in [0, 0.1) is 18.6 Å². The highest BCUT2D eigenvalue weighted by Gasteiger charge is 2.05. The van der Waals surface area contributed by atoms with E-state index in [-0.39, 0.29) is 6.61 Å². The van der Waals surface area contributed by atoms with Crippen molar-refractivity contribution in [3.8, 4) is 5.75 Å². The lowest BCUT2D eigenvalue weighted by atomic mass is 10.1. The molecular formula is C15H12F2O2. The summed E-state index contributed by atoms with van der Waals surface area (Å²) in [6.07, 6.45) is 0.689. The first kappa shape index (κ1) is 13.2. The molecule has 2 rings (SSSR count). The van der Waals surface area contributed by atoms with E-state index >= 15 is 0 Å². The number of ether oxygens (including phenoxy) is 1. The van der Waals surface area contributed by atoms with E-state index < -0.39 is 11.6 Å². The highest BCUT2D eigenvalue weighted by molar-refractivity contribution is 5.79. The molecule has 0 saturated carbocycles. The smallest absolute Gasteiger partial charge is 0.153 e. The summed E-state index contributed by atoms with van der Waals surface area (Å²) >= 11 is 0. The van der Waals surface area contributed by atoms with Gasteiger partial charge in [0, 0.05) is 6.07 Å². The lowest BCUT2D eigenvalue weighted by Crippen LogP contribution is -1.99. The Bertz CT molecular complexity index is 589. The SMILES string of the molecule is Cc1ccc(OCc2cc(F)cc(F)c2)c(C=O)c1. The summed E-state index contributed by atoms with van der Waals surface area (Å²) < 4.78 is 31.4. The standard InChI is InChI=1S/C15H12F2O2/c1-10-2-3-15(12(4-10)8-18)19-9-11-5-13(16)7-14(17)6-11/h2-8H,9H2,1H3. The van der Waals surface area contributed by atoms with Crippen LogP contribution < -0.4 is 4.74 Å². The molecule has 19 heavy (non-hydrogen) atoms. The van der Waals surface area contributed by atoms with Gasteiger partial charge in [-0.15, -0.1) is 0 Å². The zero-order chi connectivity index (χ0) is 13.8. The summed E-state index contributed by atoms with van der Waals surface area (Å²) in [6.45, 7) is 1.86. The Hall–Kier alpha value is -2.23. The third-order valence-corrected chi connectivity index (χ3v) is 2.61. The van der Waals surface area contributed by atoms with Crippen LogP contribution >= 0.6 is 0 Å². The van der Waals surface area contributed by atoms with E-state index in [1.165, 1.54) is 12.1 Å². The van der Waals surface area contributed by atoms with Crippen LogP contribution in [0.4, 0.5) is 8.78 Å². The number of rotatable bonds is 4. The first-order valence-corrected chi connectivity index (χ1v) is 5.72. The van der Waals surface area contributed by atoms with E-state index in [2.05, 4.69) is 0 Å². The van der Waals surface area contributed by atoms with Gasteiger partial charge in [0.05, 0.1) is 5.56 Å². The van der Waals surface area contributed by atoms with E-state index in [4.69, 9.17) is 4.74 Å². The normalized spacial score (nSPS) is 10.3. The van der Waals surface area contributed by atoms with Crippen molar-refractivity contribution < 1.29 is 18.3 Å². The van der Waals surface area contributed by atoms with E-state index in [1.54, 1.807) is 18.2 Å². The fraction of sp³-hybridized carbons (Fsp3) is 0.133. The minimum atomic E-state index is -0.655. The number of aldehydes is 1. The average molecular weight is 262 g/mol. The van der Waals surface area contributed by atoms with Crippen molar-refractivity contribution in [3.05, 3.63) is 64.7 Å². The Morgan fingerprint density at radius 3 is 2.42 bits per heavy atom. The molecule has 0 atom stereocenters. The van der Waals surface area contributed by atoms with E-state index in [1.807, 2.05) is 6.92 Å². The molecule has 0 fully saturated rings. The number of hydrogen-bond donors (Lipinski definition) is 0. The summed E-state index contributed by atoms with van der Waals surface area (Å²) in [6, 6.07) is 8.33. The molecule has 0 bridgehead atoms. The van der Waals surface area contributed by atoms with Crippen molar-refractivity contribution >= 4 is 6.29 Å². The van der Waals surface area contributed by atoms with Gasteiger partial charge in [-0.05, 0) is 36.8 Å². The second-order valence-corrected chi connectivity index (χ2v) is 4.23. The molecule has 4 heteroatoms. The van der Waals surface area contributed by atoms with Gasteiger partial charge >= 0.3 is 0 Å². The minimum Gasteiger partial charge on any atom is -0.488 e. The van der Waals surface area contributed by atoms with Crippen molar-refractivity contribution in [2.24, 2.45) is 0 Å². The number of aryl methyl sites for hydroxylation is 1. The van der Waals surface area contributed by atoms with Gasteiger partial charge in [-0.3, -0.25) is 4.79 Å². The summed E-state index contributed by atoms with van der Waals surface area (Å²) in [5.74, 6) is -0.915. The molecule has 0 amide bonds. The number of carbonyl (C=O) groups excluding carboxylic acids is 1. The zero-order valence-corrected chi connectivity index (χ0v) is 10.3. The first-order chi connectivity index (χ1) is 9.08. The Morgan fingerprint density at radius 2 is 1.79 bits per heavy atom. The van der Waals surface area contributed by atoms with Crippen LogP contribution in [0.15, 0.2) is 36.4 Å². The Morgan fingerprint density at radius 1 is 1.11 bits per heavy atom. The van der Waals surface area contributed by atoms with Crippen LogP contribution in [-0.4, -0.2) is 6.29 Å². The predicted molar refractivity (Wildman–Crippen MR) is 67.3 cm³/mol. The zero-order valence-electron chi connectivity index (χ0n) is 10.3. The van der Waals surface area contributed by atoms with Crippen LogP contribution in [0.2, 0.25) is 0 Å². The predicted octanol–water partition coefficient (Wildman–Crippen LogP) is 3.66. The van der Waals surface area contributed by atoms with Crippen LogP contribution in [0.25, 0.3) is 0 Å². The molecule has 0 aliphatic rings. The highest BCUT2D eigenvalue weighted by atomic mass is 19.1. The van der Waals surface area contributed by atoms with Crippen molar-refractivity contribution in [2.75, 3.05) is 0 Å². The molecule has 0 radical (unpaired) electrons. The number of hydrogen-bond acceptors (Lipinski definition) is 2. The molecule has 2 aromatic rings. The maximum Gasteiger partial charge on any atom is 0.153 e. The van der Waals surface area contributed by atoms with Gasteiger partial charge in [-0.25, -0.2) is 8.78 Å². The van der Waals surface area contributed by atoms with Gasteiger partial charge in [-0.2, -0.15) is 0 Å². The lowest BCUT2D eigenvalue weighted by Gasteiger charge is -2.09. The molecule has 0 aliphatic carbocycles. The molecule has 0 N–H and O–H groups in total. The maximum atomic E-state index is 13.0. The van der Waals surface area contributed by atoms with Crippen LogP contribution in [0.5, 0.6) is 5.75 Å².